The Labute approximate surface area is 325 Å². The van der Waals surface area contributed by atoms with Crippen LogP contribution in [0, 0.1) is 0 Å². The predicted molar refractivity (Wildman–Crippen MR) is 207 cm³/mol. The lowest BCUT2D eigenvalue weighted by molar-refractivity contribution is 0.0498. The Morgan fingerprint density at radius 1 is 0.880 bits per heavy atom. The first kappa shape index (κ1) is 37.2. The molecule has 3 aromatic carbocycles. The van der Waals surface area contributed by atoms with Crippen LogP contribution >= 0.6 is 92.7 Å². The molecule has 0 spiro atoms. The second-order valence-corrected chi connectivity index (χ2v) is 17.8. The molecular formula is C34H27Cl6N5O3S2. The Bertz CT molecular complexity index is 2220. The van der Waals surface area contributed by atoms with Crippen molar-refractivity contribution < 1.29 is 9.53 Å². The summed E-state index contributed by atoms with van der Waals surface area (Å²) in [5, 5.41) is 3.24. The second kappa shape index (κ2) is 15.2. The second-order valence-electron chi connectivity index (χ2n) is 11.1. The van der Waals surface area contributed by atoms with Crippen molar-refractivity contribution in [3.63, 3.8) is 0 Å². The molecule has 0 fully saturated rings. The van der Waals surface area contributed by atoms with Crippen LogP contribution in [-0.2, 0) is 18.9 Å². The third-order valence-corrected chi connectivity index (χ3v) is 11.3. The Balaban J connectivity index is 1.10. The number of hydrogen-bond donors (Lipinski definition) is 0. The molecule has 3 heterocycles. The molecule has 0 saturated heterocycles. The van der Waals surface area contributed by atoms with Crippen LogP contribution in [0.15, 0.2) is 70.4 Å². The van der Waals surface area contributed by atoms with Crippen molar-refractivity contribution in [3.05, 3.63) is 97.4 Å². The molecule has 0 saturated carbocycles. The normalized spacial score (nSPS) is 14.3. The highest BCUT2D eigenvalue weighted by Crippen LogP contribution is 2.50. The number of carbonyl (C=O) groups excluding carboxylic acids is 1. The third-order valence-electron chi connectivity index (χ3n) is 7.84. The first-order valence-corrected chi connectivity index (χ1v) is 19.2. The van der Waals surface area contributed by atoms with E-state index in [1.54, 1.807) is 40.6 Å². The van der Waals surface area contributed by atoms with Crippen LogP contribution in [-0.4, -0.2) is 38.6 Å². The number of anilines is 1. The summed E-state index contributed by atoms with van der Waals surface area (Å²) in [6.45, 7) is 7.58. The van der Waals surface area contributed by atoms with Gasteiger partial charge in [-0.2, -0.15) is 0 Å². The topological polar surface area (TPSA) is 90.2 Å². The summed E-state index contributed by atoms with van der Waals surface area (Å²) in [7, 11) is 0. The number of benzene rings is 3. The van der Waals surface area contributed by atoms with Crippen LogP contribution in [0.4, 0.5) is 5.69 Å². The van der Waals surface area contributed by atoms with Gasteiger partial charge in [-0.05, 0) is 55.2 Å². The van der Waals surface area contributed by atoms with Gasteiger partial charge in [0.15, 0.2) is 17.5 Å². The van der Waals surface area contributed by atoms with Gasteiger partial charge in [-0.15, -0.1) is 11.3 Å². The number of hydrogen-bond acceptors (Lipinski definition) is 9. The highest BCUT2D eigenvalue weighted by atomic mass is 35.6. The van der Waals surface area contributed by atoms with Gasteiger partial charge in [0.05, 0.1) is 22.5 Å². The average molecular weight is 830 g/mol. The van der Waals surface area contributed by atoms with Gasteiger partial charge in [0.25, 0.3) is 5.56 Å². The molecule has 8 nitrogen and oxygen atoms in total. The van der Waals surface area contributed by atoms with Crippen molar-refractivity contribution in [3.8, 4) is 11.4 Å². The van der Waals surface area contributed by atoms with Crippen LogP contribution in [0.5, 0.6) is 0 Å². The minimum atomic E-state index is -1.99. The number of rotatable bonds is 9. The average Bonchev–Trinajstić information content (AvgIpc) is 3.60. The van der Waals surface area contributed by atoms with Gasteiger partial charge in [-0.3, -0.25) is 9.36 Å². The van der Waals surface area contributed by atoms with Gasteiger partial charge in [0.2, 0.25) is 7.59 Å². The number of halogens is 6. The third kappa shape index (κ3) is 7.93. The molecular weight excluding hydrogens is 803 g/mol. The quantitative estimate of drug-likeness (QED) is 0.0829. The molecule has 6 rings (SSSR count). The zero-order chi connectivity index (χ0) is 35.8. The van der Waals surface area contributed by atoms with Crippen LogP contribution in [0.1, 0.15) is 48.2 Å². The molecule has 0 bridgehead atoms. The largest absolute Gasteiger partial charge is 0.462 e. The van der Waals surface area contributed by atoms with Gasteiger partial charge < -0.3 is 9.64 Å². The van der Waals surface area contributed by atoms with E-state index in [1.165, 1.54) is 11.3 Å². The van der Waals surface area contributed by atoms with Crippen LogP contribution in [0.3, 0.4) is 0 Å². The Morgan fingerprint density at radius 3 is 2.20 bits per heavy atom. The van der Waals surface area contributed by atoms with Gasteiger partial charge >= 0.3 is 5.97 Å². The zero-order valence-electron chi connectivity index (χ0n) is 26.3. The molecule has 260 valence electrons. The summed E-state index contributed by atoms with van der Waals surface area (Å²) in [5.74, 6) is -0.813. The highest BCUT2D eigenvalue weighted by Gasteiger charge is 2.34. The van der Waals surface area contributed by atoms with Crippen LogP contribution in [0.25, 0.3) is 33.8 Å². The minimum Gasteiger partial charge on any atom is -0.462 e. The molecule has 1 aliphatic heterocycles. The number of nitrogens with zero attached hydrogens (tertiary/aromatic N) is 5. The molecule has 0 aliphatic carbocycles. The molecule has 0 amide bonds. The highest BCUT2D eigenvalue weighted by molar-refractivity contribution is 8.09. The van der Waals surface area contributed by atoms with Gasteiger partial charge in [0, 0.05) is 23.5 Å². The zero-order valence-corrected chi connectivity index (χ0v) is 32.4. The van der Waals surface area contributed by atoms with Gasteiger partial charge in [0.1, 0.15) is 9.56 Å². The van der Waals surface area contributed by atoms with E-state index in [2.05, 4.69) is 50.7 Å². The maximum absolute atomic E-state index is 13.3. The van der Waals surface area contributed by atoms with E-state index in [1.807, 2.05) is 19.1 Å². The summed E-state index contributed by atoms with van der Waals surface area (Å²) < 4.78 is 4.74. The molecule has 5 aromatic rings. The fourth-order valence-corrected chi connectivity index (χ4v) is 8.38. The first-order chi connectivity index (χ1) is 23.8. The number of carbonyl (C=O) groups is 1. The summed E-state index contributed by atoms with van der Waals surface area (Å²) in [5.41, 5.74) is 1.88. The van der Waals surface area contributed by atoms with Crippen LogP contribution in [0.2, 0.25) is 0 Å². The number of thioether (sulfide) groups is 1. The Hall–Kier alpha value is -2.54. The summed E-state index contributed by atoms with van der Waals surface area (Å²) in [6, 6.07) is 18.9. The van der Waals surface area contributed by atoms with E-state index >= 15 is 0 Å². The van der Waals surface area contributed by atoms with Crippen LogP contribution < -0.4 is 19.7 Å². The van der Waals surface area contributed by atoms with E-state index in [4.69, 9.17) is 74.3 Å². The van der Waals surface area contributed by atoms with E-state index < -0.39 is 13.6 Å². The predicted octanol–water partition coefficient (Wildman–Crippen LogP) is 8.70. The summed E-state index contributed by atoms with van der Waals surface area (Å²) >= 11 is 38.9. The first-order valence-electron chi connectivity index (χ1n) is 15.3. The number of ether oxygens (including phenoxy) is 1. The molecule has 0 N–H and O–H groups in total. The van der Waals surface area contributed by atoms with Crippen molar-refractivity contribution in [2.24, 2.45) is 0 Å². The summed E-state index contributed by atoms with van der Waals surface area (Å²) in [6.07, 6.45) is 2.30. The van der Waals surface area contributed by atoms with E-state index in [0.717, 1.165) is 43.9 Å². The summed E-state index contributed by atoms with van der Waals surface area (Å²) in [4.78, 5) is 41.9. The van der Waals surface area contributed by atoms with Gasteiger partial charge in [-0.25, -0.2) is 19.7 Å². The van der Waals surface area contributed by atoms with Crippen molar-refractivity contribution in [2.75, 3.05) is 18.1 Å². The number of unbranched alkanes of at least 4 members (excludes halogenated alkanes) is 2. The maximum Gasteiger partial charge on any atom is 0.338 e. The van der Waals surface area contributed by atoms with E-state index in [0.29, 0.717) is 35.2 Å². The van der Waals surface area contributed by atoms with Crippen molar-refractivity contribution in [1.82, 2.24) is 19.5 Å². The number of fused-ring (bicyclic) bond motifs is 3. The fourth-order valence-electron chi connectivity index (χ4n) is 5.42. The smallest absolute Gasteiger partial charge is 0.338 e. The van der Waals surface area contributed by atoms with E-state index in [-0.39, 0.29) is 29.6 Å². The molecule has 1 aliphatic rings. The maximum atomic E-state index is 13.3. The molecule has 2 aromatic heterocycles. The van der Waals surface area contributed by atoms with Crippen molar-refractivity contribution >= 4 is 127 Å². The number of thiazole rings is 1. The molecule has 0 radical (unpaired) electrons. The van der Waals surface area contributed by atoms with Gasteiger partial charge in [-0.1, -0.05) is 130 Å². The fraction of sp³-hybridized carbons (Fsp3) is 0.265. The Morgan fingerprint density at radius 2 is 1.56 bits per heavy atom. The molecule has 0 unspecified atom stereocenters. The van der Waals surface area contributed by atoms with Crippen molar-refractivity contribution in [2.45, 2.75) is 45.2 Å². The van der Waals surface area contributed by atoms with E-state index in [9.17, 15) is 9.59 Å². The number of aromatic nitrogens is 4. The molecule has 16 heteroatoms. The number of esters is 1. The van der Waals surface area contributed by atoms with Crippen molar-refractivity contribution in [1.29, 1.82) is 0 Å². The lowest BCUT2D eigenvalue weighted by Gasteiger charge is -2.20. The number of alkyl halides is 6. The minimum absolute atomic E-state index is 0.0134. The lowest BCUT2D eigenvalue weighted by Crippen LogP contribution is -2.34. The Kier molecular flexibility index (Phi) is 11.3. The SMILES string of the molecule is C=c1s/c(=C2\Sc3c(ccc4ccccc34)N2CCCCCOC(=O)c2ccc(-c3nc(C(Cl)(Cl)Cl)nc(C(Cl)(Cl)Cl)n3)cc2)c(=O)n1CC. The lowest BCUT2D eigenvalue weighted by atomic mass is 10.1. The monoisotopic (exact) mass is 827 g/mol. The molecule has 50 heavy (non-hydrogen) atoms. The standard InChI is InChI=1S/C34H27Cl6N5O3S2/c1-3-44-19(2)49-26(28(44)46)29-45(24-16-15-20-9-5-6-10-23(20)25(24)50-29)17-7-4-8-18-48-30(47)22-13-11-21(12-14-22)27-41-31(33(35,36)37)43-32(42-27)34(38,39)40/h5-6,9-16H,2-4,7-8,17-18H2,1H3/b29-26-. The molecule has 0 atom stereocenters.